The number of likely N-dealkylation sites (N-methyl/N-ethyl adjacent to an activating group) is 1. The van der Waals surface area contributed by atoms with Crippen molar-refractivity contribution in [2.75, 3.05) is 33.8 Å². The minimum atomic E-state index is 0.970. The number of ether oxygens (including phenoxy) is 1. The molecule has 0 unspecified atom stereocenters. The SMILES string of the molecule is CCCNCCN(C)Cc1cc(OC)cs1. The Labute approximate surface area is 102 Å². The molecule has 0 fully saturated rings. The van der Waals surface area contributed by atoms with Crippen molar-refractivity contribution in [3.63, 3.8) is 0 Å². The molecule has 1 N–H and O–H groups in total. The Kier molecular flexibility index (Phi) is 6.45. The van der Waals surface area contributed by atoms with Crippen molar-refractivity contribution in [2.45, 2.75) is 19.9 Å². The van der Waals surface area contributed by atoms with Gasteiger partial charge in [0, 0.05) is 29.9 Å². The Morgan fingerprint density at radius 3 is 2.88 bits per heavy atom. The Morgan fingerprint density at radius 2 is 2.25 bits per heavy atom. The van der Waals surface area contributed by atoms with E-state index in [2.05, 4.69) is 35.6 Å². The molecule has 0 aromatic carbocycles. The molecule has 0 aliphatic rings. The summed E-state index contributed by atoms with van der Waals surface area (Å²) in [4.78, 5) is 3.68. The zero-order valence-electron chi connectivity index (χ0n) is 10.5. The summed E-state index contributed by atoms with van der Waals surface area (Å²) in [5, 5.41) is 5.46. The van der Waals surface area contributed by atoms with E-state index in [0.29, 0.717) is 0 Å². The van der Waals surface area contributed by atoms with Crippen LogP contribution in [0, 0.1) is 0 Å². The van der Waals surface area contributed by atoms with Gasteiger partial charge in [-0.25, -0.2) is 0 Å². The van der Waals surface area contributed by atoms with Gasteiger partial charge in [0.1, 0.15) is 5.75 Å². The average Bonchev–Trinajstić information content (AvgIpc) is 2.72. The summed E-state index contributed by atoms with van der Waals surface area (Å²) in [5.41, 5.74) is 0. The number of rotatable bonds is 8. The topological polar surface area (TPSA) is 24.5 Å². The van der Waals surface area contributed by atoms with E-state index >= 15 is 0 Å². The van der Waals surface area contributed by atoms with Gasteiger partial charge in [0.2, 0.25) is 0 Å². The first kappa shape index (κ1) is 13.5. The normalized spacial score (nSPS) is 11.0. The number of nitrogens with one attached hydrogen (secondary N) is 1. The van der Waals surface area contributed by atoms with Crippen LogP contribution in [0.15, 0.2) is 11.4 Å². The molecule has 0 spiro atoms. The molecule has 3 nitrogen and oxygen atoms in total. The fraction of sp³-hybridized carbons (Fsp3) is 0.667. The lowest BCUT2D eigenvalue weighted by Crippen LogP contribution is -2.29. The zero-order valence-corrected chi connectivity index (χ0v) is 11.3. The molecule has 1 aromatic rings. The van der Waals surface area contributed by atoms with Crippen molar-refractivity contribution >= 4 is 11.3 Å². The van der Waals surface area contributed by atoms with Crippen LogP contribution in [-0.2, 0) is 6.54 Å². The van der Waals surface area contributed by atoms with Gasteiger partial charge in [0.15, 0.2) is 0 Å². The molecule has 1 aromatic heterocycles. The van der Waals surface area contributed by atoms with E-state index in [9.17, 15) is 0 Å². The standard InChI is InChI=1S/C12H22N2OS/c1-4-5-13-6-7-14(2)9-12-8-11(15-3)10-16-12/h8,10,13H,4-7,9H2,1-3H3. The highest BCUT2D eigenvalue weighted by Crippen LogP contribution is 2.21. The summed E-state index contributed by atoms with van der Waals surface area (Å²) in [6, 6.07) is 2.11. The van der Waals surface area contributed by atoms with E-state index in [1.54, 1.807) is 18.4 Å². The average molecular weight is 242 g/mol. The summed E-state index contributed by atoms with van der Waals surface area (Å²) >= 11 is 1.76. The molecular weight excluding hydrogens is 220 g/mol. The molecule has 92 valence electrons. The molecule has 0 atom stereocenters. The molecular formula is C12H22N2OS. The Hall–Kier alpha value is -0.580. The first-order valence-corrected chi connectivity index (χ1v) is 6.65. The van der Waals surface area contributed by atoms with Crippen LogP contribution in [0.2, 0.25) is 0 Å². The van der Waals surface area contributed by atoms with Gasteiger partial charge in [0.25, 0.3) is 0 Å². The highest BCUT2D eigenvalue weighted by Gasteiger charge is 2.03. The molecule has 1 heterocycles. The van der Waals surface area contributed by atoms with E-state index in [-0.39, 0.29) is 0 Å². The van der Waals surface area contributed by atoms with Gasteiger partial charge < -0.3 is 15.0 Å². The minimum absolute atomic E-state index is 0.970. The summed E-state index contributed by atoms with van der Waals surface area (Å²) < 4.78 is 5.17. The number of nitrogens with zero attached hydrogens (tertiary/aromatic N) is 1. The van der Waals surface area contributed by atoms with E-state index < -0.39 is 0 Å². The largest absolute Gasteiger partial charge is 0.496 e. The molecule has 0 saturated heterocycles. The van der Waals surface area contributed by atoms with Crippen LogP contribution in [-0.4, -0.2) is 38.7 Å². The molecule has 0 saturated carbocycles. The number of hydrogen-bond acceptors (Lipinski definition) is 4. The molecule has 0 aliphatic carbocycles. The molecule has 0 amide bonds. The zero-order chi connectivity index (χ0) is 11.8. The van der Waals surface area contributed by atoms with Crippen LogP contribution in [0.4, 0.5) is 0 Å². The fourth-order valence-corrected chi connectivity index (χ4v) is 2.38. The highest BCUT2D eigenvalue weighted by molar-refractivity contribution is 7.10. The maximum Gasteiger partial charge on any atom is 0.129 e. The summed E-state index contributed by atoms with van der Waals surface area (Å²) in [7, 11) is 3.87. The van der Waals surface area contributed by atoms with Gasteiger partial charge >= 0.3 is 0 Å². The minimum Gasteiger partial charge on any atom is -0.496 e. The molecule has 0 aliphatic heterocycles. The third-order valence-corrected chi connectivity index (χ3v) is 3.29. The first-order valence-electron chi connectivity index (χ1n) is 5.77. The van der Waals surface area contributed by atoms with E-state index in [0.717, 1.165) is 31.9 Å². The van der Waals surface area contributed by atoms with E-state index in [1.165, 1.54) is 11.3 Å². The van der Waals surface area contributed by atoms with Crippen LogP contribution in [0.3, 0.4) is 0 Å². The summed E-state index contributed by atoms with van der Waals surface area (Å²) in [6.07, 6.45) is 1.20. The first-order chi connectivity index (χ1) is 7.76. The summed E-state index contributed by atoms with van der Waals surface area (Å²) in [5.74, 6) is 0.970. The van der Waals surface area contributed by atoms with Gasteiger partial charge in [-0.2, -0.15) is 0 Å². The third-order valence-electron chi connectivity index (χ3n) is 2.39. The maximum absolute atomic E-state index is 5.17. The quantitative estimate of drug-likeness (QED) is 0.707. The maximum atomic E-state index is 5.17. The van der Waals surface area contributed by atoms with Gasteiger partial charge in [-0.05, 0) is 26.1 Å². The predicted molar refractivity (Wildman–Crippen MR) is 70.4 cm³/mol. The van der Waals surface area contributed by atoms with Crippen LogP contribution in [0.25, 0.3) is 0 Å². The van der Waals surface area contributed by atoms with Crippen molar-refractivity contribution in [2.24, 2.45) is 0 Å². The van der Waals surface area contributed by atoms with E-state index in [1.807, 2.05) is 0 Å². The van der Waals surface area contributed by atoms with Crippen molar-refractivity contribution in [1.29, 1.82) is 0 Å². The second kappa shape index (κ2) is 7.65. The van der Waals surface area contributed by atoms with Gasteiger partial charge in [-0.3, -0.25) is 0 Å². The number of hydrogen-bond donors (Lipinski definition) is 1. The molecule has 0 radical (unpaired) electrons. The van der Waals surface area contributed by atoms with E-state index in [4.69, 9.17) is 4.74 Å². The van der Waals surface area contributed by atoms with Crippen LogP contribution in [0.5, 0.6) is 5.75 Å². The van der Waals surface area contributed by atoms with Gasteiger partial charge in [-0.15, -0.1) is 11.3 Å². The summed E-state index contributed by atoms with van der Waals surface area (Å²) in [6.45, 7) is 6.45. The molecule has 4 heteroatoms. The number of methoxy groups -OCH3 is 1. The second-order valence-electron chi connectivity index (χ2n) is 3.94. The Balaban J connectivity index is 2.20. The highest BCUT2D eigenvalue weighted by atomic mass is 32.1. The van der Waals surface area contributed by atoms with Crippen molar-refractivity contribution in [3.05, 3.63) is 16.3 Å². The van der Waals surface area contributed by atoms with Crippen LogP contribution >= 0.6 is 11.3 Å². The van der Waals surface area contributed by atoms with Crippen LogP contribution < -0.4 is 10.1 Å². The predicted octanol–water partition coefficient (Wildman–Crippen LogP) is 2.19. The lowest BCUT2D eigenvalue weighted by atomic mass is 10.4. The second-order valence-corrected chi connectivity index (χ2v) is 4.94. The molecule has 16 heavy (non-hydrogen) atoms. The lowest BCUT2D eigenvalue weighted by Gasteiger charge is -2.15. The smallest absolute Gasteiger partial charge is 0.129 e. The van der Waals surface area contributed by atoms with Crippen molar-refractivity contribution < 1.29 is 4.74 Å². The molecule has 0 bridgehead atoms. The van der Waals surface area contributed by atoms with Crippen molar-refractivity contribution in [1.82, 2.24) is 10.2 Å². The van der Waals surface area contributed by atoms with Crippen molar-refractivity contribution in [3.8, 4) is 5.75 Å². The monoisotopic (exact) mass is 242 g/mol. The van der Waals surface area contributed by atoms with Crippen LogP contribution in [0.1, 0.15) is 18.2 Å². The third kappa shape index (κ3) is 4.96. The Bertz CT molecular complexity index is 288. The Morgan fingerprint density at radius 1 is 1.44 bits per heavy atom. The fourth-order valence-electron chi connectivity index (χ4n) is 1.47. The number of thiophene rings is 1. The molecule has 1 rings (SSSR count). The lowest BCUT2D eigenvalue weighted by molar-refractivity contribution is 0.327. The van der Waals surface area contributed by atoms with Gasteiger partial charge in [0.05, 0.1) is 7.11 Å². The van der Waals surface area contributed by atoms with Gasteiger partial charge in [-0.1, -0.05) is 6.92 Å².